The standard InChI is InChI=1S/C19H20N2O6/c22-14(20-9-10-1-3-11(4-2-10)19(25)26)7-8-21-17(23)15-12-5-6-13(27-12)16(15)18(21)24/h1-4,12-13,15-16H,5-9H2,(H,20,22)(H,25,26). The molecule has 0 aliphatic carbocycles. The van der Waals surface area contributed by atoms with Crippen molar-refractivity contribution in [1.82, 2.24) is 10.2 Å². The number of carbonyl (C=O) groups is 4. The van der Waals surface area contributed by atoms with Gasteiger partial charge in [0.25, 0.3) is 0 Å². The fourth-order valence-corrected chi connectivity index (χ4v) is 4.26. The van der Waals surface area contributed by atoms with Crippen LogP contribution in [-0.2, 0) is 25.7 Å². The molecule has 4 atom stereocenters. The lowest BCUT2D eigenvalue weighted by Gasteiger charge is -2.17. The Bertz CT molecular complexity index is 777. The van der Waals surface area contributed by atoms with Crippen molar-refractivity contribution < 1.29 is 29.0 Å². The fourth-order valence-electron chi connectivity index (χ4n) is 4.26. The molecule has 0 spiro atoms. The van der Waals surface area contributed by atoms with Gasteiger partial charge in [0.05, 0.1) is 29.6 Å². The summed E-state index contributed by atoms with van der Waals surface area (Å²) < 4.78 is 5.68. The maximum atomic E-state index is 12.5. The number of likely N-dealkylation sites (tertiary alicyclic amines) is 1. The number of carboxylic acid groups (broad SMARTS) is 1. The van der Waals surface area contributed by atoms with Gasteiger partial charge < -0.3 is 15.2 Å². The summed E-state index contributed by atoms with van der Waals surface area (Å²) in [6.07, 6.45) is 1.38. The highest BCUT2D eigenvalue weighted by molar-refractivity contribution is 6.06. The molecule has 3 saturated heterocycles. The van der Waals surface area contributed by atoms with E-state index in [-0.39, 0.29) is 66.8 Å². The van der Waals surface area contributed by atoms with Crippen molar-refractivity contribution >= 4 is 23.7 Å². The Kier molecular flexibility index (Phi) is 4.43. The number of benzene rings is 1. The van der Waals surface area contributed by atoms with Crippen molar-refractivity contribution in [2.45, 2.75) is 38.0 Å². The van der Waals surface area contributed by atoms with Crippen LogP contribution >= 0.6 is 0 Å². The average molecular weight is 372 g/mol. The Morgan fingerprint density at radius 2 is 1.67 bits per heavy atom. The Balaban J connectivity index is 1.28. The predicted molar refractivity (Wildman–Crippen MR) is 91.5 cm³/mol. The van der Waals surface area contributed by atoms with Gasteiger partial charge in [-0.2, -0.15) is 0 Å². The largest absolute Gasteiger partial charge is 0.478 e. The zero-order chi connectivity index (χ0) is 19.1. The van der Waals surface area contributed by atoms with E-state index >= 15 is 0 Å². The van der Waals surface area contributed by atoms with Gasteiger partial charge in [0.2, 0.25) is 17.7 Å². The summed E-state index contributed by atoms with van der Waals surface area (Å²) in [5, 5.41) is 11.6. The SMILES string of the molecule is O=C(CCN1C(=O)C2C3CCC(O3)C2C1=O)NCc1ccc(C(=O)O)cc1. The third kappa shape index (κ3) is 3.10. The molecule has 0 aromatic heterocycles. The number of carboxylic acids is 1. The number of hydrogen-bond acceptors (Lipinski definition) is 5. The number of amides is 3. The van der Waals surface area contributed by atoms with Crippen LogP contribution in [0.1, 0.15) is 35.2 Å². The Labute approximate surface area is 155 Å². The van der Waals surface area contributed by atoms with E-state index < -0.39 is 5.97 Å². The minimum Gasteiger partial charge on any atom is -0.478 e. The van der Waals surface area contributed by atoms with Crippen LogP contribution < -0.4 is 5.32 Å². The van der Waals surface area contributed by atoms with E-state index in [1.165, 1.54) is 17.0 Å². The number of carbonyl (C=O) groups excluding carboxylic acids is 3. The maximum absolute atomic E-state index is 12.5. The van der Waals surface area contributed by atoms with Gasteiger partial charge >= 0.3 is 5.97 Å². The second kappa shape index (κ2) is 6.77. The molecule has 3 heterocycles. The highest BCUT2D eigenvalue weighted by Gasteiger charge is 2.62. The lowest BCUT2D eigenvalue weighted by molar-refractivity contribution is -0.142. The highest BCUT2D eigenvalue weighted by atomic mass is 16.5. The molecule has 4 unspecified atom stereocenters. The second-order valence-electron chi connectivity index (χ2n) is 7.20. The van der Waals surface area contributed by atoms with Crippen LogP contribution in [0.25, 0.3) is 0 Å². The van der Waals surface area contributed by atoms with Crippen LogP contribution in [0.4, 0.5) is 0 Å². The molecule has 3 aliphatic rings. The van der Waals surface area contributed by atoms with Crippen molar-refractivity contribution in [3.05, 3.63) is 35.4 Å². The summed E-state index contributed by atoms with van der Waals surface area (Å²) >= 11 is 0. The molecule has 3 fully saturated rings. The normalized spacial score (nSPS) is 28.5. The van der Waals surface area contributed by atoms with E-state index in [4.69, 9.17) is 9.84 Å². The molecule has 8 heteroatoms. The highest BCUT2D eigenvalue weighted by Crippen LogP contribution is 2.48. The zero-order valence-corrected chi connectivity index (χ0v) is 14.6. The van der Waals surface area contributed by atoms with Crippen LogP contribution in [0.2, 0.25) is 0 Å². The number of nitrogens with zero attached hydrogens (tertiary/aromatic N) is 1. The predicted octanol–water partition coefficient (Wildman–Crippen LogP) is 0.554. The topological polar surface area (TPSA) is 113 Å². The maximum Gasteiger partial charge on any atom is 0.335 e. The van der Waals surface area contributed by atoms with Crippen LogP contribution in [0, 0.1) is 11.8 Å². The minimum atomic E-state index is -1.01. The summed E-state index contributed by atoms with van der Waals surface area (Å²) in [5.74, 6) is -2.44. The van der Waals surface area contributed by atoms with Crippen molar-refractivity contribution in [1.29, 1.82) is 0 Å². The Morgan fingerprint density at radius 3 is 2.22 bits per heavy atom. The summed E-state index contributed by atoms with van der Waals surface area (Å²) in [4.78, 5) is 49.1. The Morgan fingerprint density at radius 1 is 1.07 bits per heavy atom. The molecule has 2 bridgehead atoms. The number of hydrogen-bond donors (Lipinski definition) is 2. The summed E-state index contributed by atoms with van der Waals surface area (Å²) in [5.41, 5.74) is 0.949. The number of rotatable bonds is 6. The van der Waals surface area contributed by atoms with E-state index in [1.807, 2.05) is 0 Å². The molecular weight excluding hydrogens is 352 g/mol. The van der Waals surface area contributed by atoms with Gasteiger partial charge in [0, 0.05) is 19.5 Å². The zero-order valence-electron chi connectivity index (χ0n) is 14.6. The minimum absolute atomic E-state index is 0.0420. The lowest BCUT2D eigenvalue weighted by atomic mass is 9.81. The second-order valence-corrected chi connectivity index (χ2v) is 7.20. The monoisotopic (exact) mass is 372 g/mol. The van der Waals surface area contributed by atoms with E-state index in [0.29, 0.717) is 0 Å². The van der Waals surface area contributed by atoms with E-state index in [0.717, 1.165) is 18.4 Å². The first-order valence-corrected chi connectivity index (χ1v) is 9.05. The van der Waals surface area contributed by atoms with Gasteiger partial charge in [0.15, 0.2) is 0 Å². The molecule has 3 amide bonds. The summed E-state index contributed by atoms with van der Waals surface area (Å²) in [7, 11) is 0. The van der Waals surface area contributed by atoms with E-state index in [9.17, 15) is 19.2 Å². The van der Waals surface area contributed by atoms with E-state index in [2.05, 4.69) is 5.32 Å². The van der Waals surface area contributed by atoms with Crippen molar-refractivity contribution in [3.63, 3.8) is 0 Å². The number of nitrogens with one attached hydrogen (secondary N) is 1. The molecule has 0 saturated carbocycles. The van der Waals surface area contributed by atoms with Gasteiger partial charge in [-0.15, -0.1) is 0 Å². The van der Waals surface area contributed by atoms with Crippen LogP contribution in [0.15, 0.2) is 24.3 Å². The van der Waals surface area contributed by atoms with Gasteiger partial charge in [0.1, 0.15) is 0 Å². The van der Waals surface area contributed by atoms with Crippen LogP contribution in [0.5, 0.6) is 0 Å². The molecule has 2 N–H and O–H groups in total. The van der Waals surface area contributed by atoms with Crippen molar-refractivity contribution in [2.75, 3.05) is 6.54 Å². The molecular formula is C19H20N2O6. The molecule has 3 aliphatic heterocycles. The Hall–Kier alpha value is -2.74. The number of ether oxygens (including phenoxy) is 1. The van der Waals surface area contributed by atoms with Gasteiger partial charge in [-0.1, -0.05) is 12.1 Å². The molecule has 27 heavy (non-hydrogen) atoms. The van der Waals surface area contributed by atoms with Crippen LogP contribution in [-0.4, -0.2) is 52.4 Å². The lowest BCUT2D eigenvalue weighted by Crippen LogP contribution is -2.37. The molecule has 142 valence electrons. The quantitative estimate of drug-likeness (QED) is 0.705. The molecule has 4 rings (SSSR count). The summed E-state index contributed by atoms with van der Waals surface area (Å²) in [6.45, 7) is 0.331. The number of fused-ring (bicyclic) bond motifs is 5. The third-order valence-corrected chi connectivity index (χ3v) is 5.63. The molecule has 0 radical (unpaired) electrons. The van der Waals surface area contributed by atoms with Gasteiger partial charge in [-0.05, 0) is 30.5 Å². The first kappa shape index (κ1) is 17.7. The smallest absolute Gasteiger partial charge is 0.335 e. The molecule has 1 aromatic rings. The molecule has 8 nitrogen and oxygen atoms in total. The van der Waals surface area contributed by atoms with Gasteiger partial charge in [-0.25, -0.2) is 4.79 Å². The number of imide groups is 1. The first-order valence-electron chi connectivity index (χ1n) is 9.05. The summed E-state index contributed by atoms with van der Waals surface area (Å²) in [6, 6.07) is 6.21. The third-order valence-electron chi connectivity index (χ3n) is 5.63. The fraction of sp³-hybridized carbons (Fsp3) is 0.474. The average Bonchev–Trinajstić information content (AvgIpc) is 3.33. The number of aromatic carboxylic acids is 1. The van der Waals surface area contributed by atoms with Crippen molar-refractivity contribution in [3.8, 4) is 0 Å². The van der Waals surface area contributed by atoms with Crippen molar-refractivity contribution in [2.24, 2.45) is 11.8 Å². The van der Waals surface area contributed by atoms with Gasteiger partial charge in [-0.3, -0.25) is 19.3 Å². The molecule has 1 aromatic carbocycles. The van der Waals surface area contributed by atoms with E-state index in [1.54, 1.807) is 12.1 Å². The first-order chi connectivity index (χ1) is 13.0. The van der Waals surface area contributed by atoms with Crippen LogP contribution in [0.3, 0.4) is 0 Å².